The Kier molecular flexibility index (Phi) is 7.26. The SMILES string of the molecule is CC(C)(C)OC(=O)NCc1nccc(-c2cnc([C@@H]3CCC4CC(c5c(N)ccc(Cl)c5F)=CC(=O)N43)[nH]2)c1F. The Bertz CT molecular complexity index is 1520. The molecule has 1 aromatic carbocycles. The molecule has 5 rings (SSSR count). The van der Waals surface area contributed by atoms with Gasteiger partial charge in [0.15, 0.2) is 11.6 Å². The number of H-pyrrole nitrogens is 1. The topological polar surface area (TPSA) is 126 Å². The second-order valence-electron chi connectivity index (χ2n) is 10.8. The maximum atomic E-state index is 15.3. The van der Waals surface area contributed by atoms with Crippen molar-refractivity contribution in [3.8, 4) is 11.3 Å². The van der Waals surface area contributed by atoms with Gasteiger partial charge in [0.1, 0.15) is 11.4 Å². The van der Waals surface area contributed by atoms with Gasteiger partial charge in [0.05, 0.1) is 35.2 Å². The van der Waals surface area contributed by atoms with Gasteiger partial charge < -0.3 is 25.7 Å². The van der Waals surface area contributed by atoms with E-state index in [0.717, 1.165) is 0 Å². The fourth-order valence-electron chi connectivity index (χ4n) is 5.22. The molecule has 2 aliphatic heterocycles. The summed E-state index contributed by atoms with van der Waals surface area (Å²) in [5.41, 5.74) is 6.90. The van der Waals surface area contributed by atoms with Gasteiger partial charge >= 0.3 is 6.09 Å². The molecule has 0 saturated carbocycles. The number of nitrogen functional groups attached to an aromatic ring is 1. The van der Waals surface area contributed by atoms with Crippen molar-refractivity contribution in [3.05, 3.63) is 70.4 Å². The Morgan fingerprint density at radius 1 is 1.23 bits per heavy atom. The number of halogens is 3. The maximum Gasteiger partial charge on any atom is 0.407 e. The van der Waals surface area contributed by atoms with Crippen LogP contribution in [0.1, 0.15) is 63.2 Å². The Morgan fingerprint density at radius 2 is 2.00 bits per heavy atom. The molecule has 1 fully saturated rings. The molecule has 0 spiro atoms. The van der Waals surface area contributed by atoms with Crippen LogP contribution in [0, 0.1) is 11.6 Å². The smallest absolute Gasteiger partial charge is 0.407 e. The molecule has 12 heteroatoms. The molecular formula is C28H29ClF2N6O3. The second-order valence-corrected chi connectivity index (χ2v) is 11.3. The van der Waals surface area contributed by atoms with Gasteiger partial charge in [-0.1, -0.05) is 11.6 Å². The van der Waals surface area contributed by atoms with Gasteiger partial charge in [-0.05, 0) is 63.8 Å². The summed E-state index contributed by atoms with van der Waals surface area (Å²) in [6.45, 7) is 5.04. The normalized spacial score (nSPS) is 18.9. The van der Waals surface area contributed by atoms with E-state index in [0.29, 0.717) is 36.4 Å². The lowest BCUT2D eigenvalue weighted by Crippen LogP contribution is -2.39. The third-order valence-electron chi connectivity index (χ3n) is 6.92. The molecule has 4 N–H and O–H groups in total. The summed E-state index contributed by atoms with van der Waals surface area (Å²) < 4.78 is 35.3. The Morgan fingerprint density at radius 3 is 2.75 bits per heavy atom. The van der Waals surface area contributed by atoms with Crippen molar-refractivity contribution in [3.63, 3.8) is 0 Å². The van der Waals surface area contributed by atoms with Crippen LogP contribution in [-0.4, -0.2) is 43.5 Å². The number of aromatic amines is 1. The standard InChI is InChI=1S/C28H29ClF2N6O3/c1-28(2,3)40-27(39)35-13-20-24(30)16(8-9-33-20)19-12-34-26(36-19)21-7-4-15-10-14(11-22(38)37(15)21)23-18(32)6-5-17(29)25(23)31/h5-6,8-9,11-12,15,21H,4,7,10,13,32H2,1-3H3,(H,34,36)(H,35,39)/t15?,21-/m0/s1. The summed E-state index contributed by atoms with van der Waals surface area (Å²) in [5, 5.41) is 2.45. The fourth-order valence-corrected chi connectivity index (χ4v) is 5.38. The summed E-state index contributed by atoms with van der Waals surface area (Å²) in [7, 11) is 0. The van der Waals surface area contributed by atoms with Gasteiger partial charge in [0.25, 0.3) is 0 Å². The highest BCUT2D eigenvalue weighted by atomic mass is 35.5. The van der Waals surface area contributed by atoms with Crippen LogP contribution in [0.15, 0.2) is 36.7 Å². The van der Waals surface area contributed by atoms with E-state index in [4.69, 9.17) is 22.1 Å². The maximum absolute atomic E-state index is 15.3. The van der Waals surface area contributed by atoms with Crippen LogP contribution in [0.5, 0.6) is 0 Å². The minimum atomic E-state index is -0.685. The molecule has 4 heterocycles. The van der Waals surface area contributed by atoms with E-state index in [1.807, 2.05) is 0 Å². The fraction of sp³-hybridized carbons (Fsp3) is 0.357. The molecule has 2 amide bonds. The molecule has 2 aliphatic rings. The second kappa shape index (κ2) is 10.5. The number of fused-ring (bicyclic) bond motifs is 1. The lowest BCUT2D eigenvalue weighted by Gasteiger charge is -2.33. The number of amides is 2. The lowest BCUT2D eigenvalue weighted by molar-refractivity contribution is -0.129. The molecule has 210 valence electrons. The number of carbonyl (C=O) groups is 2. The number of alkyl carbamates (subject to hydrolysis) is 1. The van der Waals surface area contributed by atoms with E-state index >= 15 is 4.39 Å². The lowest BCUT2D eigenvalue weighted by atomic mass is 9.92. The molecule has 2 atom stereocenters. The first-order valence-electron chi connectivity index (χ1n) is 12.8. The van der Waals surface area contributed by atoms with Crippen LogP contribution in [0.4, 0.5) is 19.3 Å². The van der Waals surface area contributed by atoms with Crippen LogP contribution >= 0.6 is 11.6 Å². The molecule has 9 nitrogen and oxygen atoms in total. The van der Waals surface area contributed by atoms with E-state index < -0.39 is 23.3 Å². The van der Waals surface area contributed by atoms with Gasteiger partial charge in [0.2, 0.25) is 5.91 Å². The number of anilines is 1. The zero-order valence-corrected chi connectivity index (χ0v) is 23.0. The zero-order valence-electron chi connectivity index (χ0n) is 22.2. The van der Waals surface area contributed by atoms with E-state index in [1.165, 1.54) is 36.7 Å². The molecule has 0 bridgehead atoms. The summed E-state index contributed by atoms with van der Waals surface area (Å²) in [6, 6.07) is 3.89. The molecule has 0 aliphatic carbocycles. The summed E-state index contributed by atoms with van der Waals surface area (Å²) in [4.78, 5) is 38.6. The number of nitrogens with one attached hydrogen (secondary N) is 2. The van der Waals surface area contributed by atoms with E-state index in [2.05, 4.69) is 20.3 Å². The number of nitrogens with zero attached hydrogens (tertiary/aromatic N) is 3. The highest BCUT2D eigenvalue weighted by molar-refractivity contribution is 6.31. The first-order valence-corrected chi connectivity index (χ1v) is 13.2. The average molecular weight is 571 g/mol. The molecule has 3 aromatic rings. The number of hydrogen-bond donors (Lipinski definition) is 3. The highest BCUT2D eigenvalue weighted by Crippen LogP contribution is 2.44. The predicted molar refractivity (Wildman–Crippen MR) is 146 cm³/mol. The monoisotopic (exact) mass is 570 g/mol. The first-order chi connectivity index (χ1) is 18.9. The number of hydrogen-bond acceptors (Lipinski definition) is 6. The minimum absolute atomic E-state index is 0.0387. The average Bonchev–Trinajstić information content (AvgIpc) is 3.52. The molecule has 0 radical (unpaired) electrons. The van der Waals surface area contributed by atoms with Crippen LogP contribution in [-0.2, 0) is 16.1 Å². The van der Waals surface area contributed by atoms with Crippen LogP contribution < -0.4 is 11.1 Å². The number of nitrogens with two attached hydrogens (primary N) is 1. The molecule has 2 aromatic heterocycles. The first kappa shape index (κ1) is 27.6. The van der Waals surface area contributed by atoms with Crippen LogP contribution in [0.25, 0.3) is 16.8 Å². The van der Waals surface area contributed by atoms with Crippen molar-refractivity contribution >= 4 is 34.9 Å². The third kappa shape index (κ3) is 5.38. The number of carbonyl (C=O) groups excluding carboxylic acids is 2. The number of aromatic nitrogens is 3. The van der Waals surface area contributed by atoms with Gasteiger partial charge in [-0.3, -0.25) is 9.78 Å². The number of benzene rings is 1. The van der Waals surface area contributed by atoms with E-state index in [-0.39, 0.29) is 52.1 Å². The Hall–Kier alpha value is -3.99. The van der Waals surface area contributed by atoms with Crippen molar-refractivity contribution in [2.24, 2.45) is 0 Å². The van der Waals surface area contributed by atoms with Crippen molar-refractivity contribution in [2.75, 3.05) is 5.73 Å². The van der Waals surface area contributed by atoms with Gasteiger partial charge in [-0.15, -0.1) is 0 Å². The van der Waals surface area contributed by atoms with Gasteiger partial charge in [-0.25, -0.2) is 18.6 Å². The number of ether oxygens (including phenoxy) is 1. The number of pyridine rings is 1. The molecule has 40 heavy (non-hydrogen) atoms. The largest absolute Gasteiger partial charge is 0.444 e. The Labute approximate surface area is 234 Å². The van der Waals surface area contributed by atoms with Crippen LogP contribution in [0.2, 0.25) is 5.02 Å². The zero-order chi connectivity index (χ0) is 28.8. The van der Waals surface area contributed by atoms with E-state index in [1.54, 1.807) is 25.7 Å². The van der Waals surface area contributed by atoms with Crippen molar-refractivity contribution in [1.82, 2.24) is 25.2 Å². The third-order valence-corrected chi connectivity index (χ3v) is 7.21. The Balaban J connectivity index is 1.34. The molecule has 1 saturated heterocycles. The molecular weight excluding hydrogens is 542 g/mol. The number of imidazole rings is 1. The highest BCUT2D eigenvalue weighted by Gasteiger charge is 2.42. The number of rotatable bonds is 5. The van der Waals surface area contributed by atoms with E-state index in [9.17, 15) is 14.0 Å². The van der Waals surface area contributed by atoms with Crippen molar-refractivity contribution in [2.45, 2.75) is 64.3 Å². The van der Waals surface area contributed by atoms with Gasteiger partial charge in [0, 0.05) is 35.1 Å². The predicted octanol–water partition coefficient (Wildman–Crippen LogP) is 5.53. The van der Waals surface area contributed by atoms with Crippen molar-refractivity contribution in [1.29, 1.82) is 0 Å². The summed E-state index contributed by atoms with van der Waals surface area (Å²) >= 11 is 5.96. The molecule has 1 unspecified atom stereocenters. The minimum Gasteiger partial charge on any atom is -0.444 e. The van der Waals surface area contributed by atoms with Crippen molar-refractivity contribution < 1.29 is 23.1 Å². The summed E-state index contributed by atoms with van der Waals surface area (Å²) in [6.07, 6.45) is 5.39. The van der Waals surface area contributed by atoms with Gasteiger partial charge in [-0.2, -0.15) is 0 Å². The summed E-state index contributed by atoms with van der Waals surface area (Å²) in [5.74, 6) is -1.02. The van der Waals surface area contributed by atoms with Crippen LogP contribution in [0.3, 0.4) is 0 Å². The quantitative estimate of drug-likeness (QED) is 0.346.